The van der Waals surface area contributed by atoms with Crippen LogP contribution in [0.3, 0.4) is 0 Å². The lowest BCUT2D eigenvalue weighted by atomic mass is 9.86. The lowest BCUT2D eigenvalue weighted by Gasteiger charge is -2.35. The number of nitrogens with zero attached hydrogens (tertiary/aromatic N) is 2. The second kappa shape index (κ2) is 7.65. The van der Waals surface area contributed by atoms with Crippen molar-refractivity contribution >= 4 is 43.5 Å². The van der Waals surface area contributed by atoms with Gasteiger partial charge in [-0.2, -0.15) is 4.31 Å². The third-order valence-electron chi connectivity index (χ3n) is 6.42. The molecule has 3 fully saturated rings. The second-order valence-electron chi connectivity index (χ2n) is 8.00. The molecule has 27 heavy (non-hydrogen) atoms. The van der Waals surface area contributed by atoms with E-state index in [1.54, 1.807) is 12.1 Å². The number of carbonyl (C=O) groups excluding carboxylic acids is 1. The van der Waals surface area contributed by atoms with Gasteiger partial charge in [0.25, 0.3) is 0 Å². The van der Waals surface area contributed by atoms with Crippen LogP contribution in [0, 0.1) is 17.8 Å². The zero-order valence-corrected chi connectivity index (χ0v) is 18.3. The Morgan fingerprint density at radius 3 is 2.48 bits per heavy atom. The van der Waals surface area contributed by atoms with Crippen LogP contribution in [0.2, 0.25) is 5.02 Å². The van der Waals surface area contributed by atoms with Crippen molar-refractivity contribution in [1.82, 2.24) is 9.21 Å². The molecule has 2 bridgehead atoms. The van der Waals surface area contributed by atoms with Gasteiger partial charge < -0.3 is 4.90 Å². The second-order valence-corrected chi connectivity index (χ2v) is 11.2. The van der Waals surface area contributed by atoms with Crippen LogP contribution in [-0.2, 0) is 14.8 Å². The lowest BCUT2D eigenvalue weighted by Crippen LogP contribution is -2.50. The average Bonchev–Trinajstić information content (AvgIpc) is 3.24. The fourth-order valence-corrected chi connectivity index (χ4v) is 7.41. The molecule has 4 rings (SSSR count). The lowest BCUT2D eigenvalue weighted by molar-refractivity contribution is -0.133. The van der Waals surface area contributed by atoms with Crippen molar-refractivity contribution in [3.05, 3.63) is 27.7 Å². The van der Waals surface area contributed by atoms with Gasteiger partial charge in [-0.3, -0.25) is 4.79 Å². The summed E-state index contributed by atoms with van der Waals surface area (Å²) in [7, 11) is -3.65. The summed E-state index contributed by atoms with van der Waals surface area (Å²) in [5, 5.41) is 0.208. The van der Waals surface area contributed by atoms with Gasteiger partial charge in [-0.05, 0) is 55.2 Å². The first-order chi connectivity index (χ1) is 12.8. The highest BCUT2D eigenvalue weighted by atomic mass is 79.9. The molecule has 3 aliphatic rings. The van der Waals surface area contributed by atoms with E-state index >= 15 is 0 Å². The number of sulfonamides is 1. The molecule has 5 nitrogen and oxygen atoms in total. The molecule has 0 spiro atoms. The van der Waals surface area contributed by atoms with E-state index in [9.17, 15) is 13.2 Å². The number of halogens is 2. The van der Waals surface area contributed by atoms with Gasteiger partial charge in [-0.1, -0.05) is 34.0 Å². The maximum atomic E-state index is 12.9. The first-order valence-corrected chi connectivity index (χ1v) is 12.2. The highest BCUT2D eigenvalue weighted by Crippen LogP contribution is 2.49. The van der Waals surface area contributed by atoms with Gasteiger partial charge in [0.1, 0.15) is 4.90 Å². The number of piperazine rings is 1. The number of amides is 1. The number of carbonyl (C=O) groups is 1. The minimum Gasteiger partial charge on any atom is -0.340 e. The third kappa shape index (κ3) is 3.93. The monoisotopic (exact) mass is 474 g/mol. The Labute approximate surface area is 174 Å². The van der Waals surface area contributed by atoms with E-state index < -0.39 is 10.0 Å². The van der Waals surface area contributed by atoms with Gasteiger partial charge in [-0.25, -0.2) is 8.42 Å². The molecule has 2 aliphatic carbocycles. The third-order valence-corrected chi connectivity index (χ3v) is 9.30. The smallest absolute Gasteiger partial charge is 0.244 e. The van der Waals surface area contributed by atoms with E-state index in [1.165, 1.54) is 36.1 Å². The Morgan fingerprint density at radius 1 is 1.15 bits per heavy atom. The maximum absolute atomic E-state index is 12.9. The average molecular weight is 476 g/mol. The quantitative estimate of drug-likeness (QED) is 0.666. The van der Waals surface area contributed by atoms with Crippen LogP contribution >= 0.6 is 27.5 Å². The standard InChI is InChI=1S/C19H24BrClN2O3S/c20-16-3-4-18(17(21)12-16)27(25,26)23-7-5-22(6-8-23)19(24)11-15-10-13-1-2-14(15)9-13/h3-4,12-15H,1-2,5-11H2/t13-,14+,15-/m1/s1. The van der Waals surface area contributed by atoms with E-state index in [0.717, 1.165) is 16.3 Å². The molecule has 8 heteroatoms. The first-order valence-electron chi connectivity index (χ1n) is 9.57. The van der Waals surface area contributed by atoms with Crippen molar-refractivity contribution in [1.29, 1.82) is 0 Å². The van der Waals surface area contributed by atoms with E-state index in [0.29, 0.717) is 38.5 Å². The van der Waals surface area contributed by atoms with E-state index in [2.05, 4.69) is 15.9 Å². The zero-order valence-electron chi connectivity index (χ0n) is 15.1. The predicted octanol–water partition coefficient (Wildman–Crippen LogP) is 3.76. The van der Waals surface area contributed by atoms with E-state index in [4.69, 9.17) is 11.6 Å². The van der Waals surface area contributed by atoms with Crippen LogP contribution in [0.5, 0.6) is 0 Å². The van der Waals surface area contributed by atoms with Gasteiger partial charge in [-0.15, -0.1) is 0 Å². The molecule has 0 N–H and O–H groups in total. The summed E-state index contributed by atoms with van der Waals surface area (Å²) >= 11 is 9.43. The van der Waals surface area contributed by atoms with Crippen molar-refractivity contribution in [2.75, 3.05) is 26.2 Å². The molecule has 2 saturated carbocycles. The molecular formula is C19H24BrClN2O3S. The van der Waals surface area contributed by atoms with Crippen LogP contribution < -0.4 is 0 Å². The van der Waals surface area contributed by atoms with Crippen LogP contribution in [0.4, 0.5) is 0 Å². The number of rotatable bonds is 4. The van der Waals surface area contributed by atoms with Crippen LogP contribution in [0.1, 0.15) is 32.1 Å². The zero-order chi connectivity index (χ0) is 19.2. The predicted molar refractivity (Wildman–Crippen MR) is 108 cm³/mol. The molecule has 1 heterocycles. The topological polar surface area (TPSA) is 57.7 Å². The number of benzene rings is 1. The van der Waals surface area contributed by atoms with Crippen molar-refractivity contribution < 1.29 is 13.2 Å². The van der Waals surface area contributed by atoms with Crippen LogP contribution in [0.25, 0.3) is 0 Å². The van der Waals surface area contributed by atoms with E-state index in [-0.39, 0.29) is 15.8 Å². The van der Waals surface area contributed by atoms with Crippen molar-refractivity contribution in [3.8, 4) is 0 Å². The number of hydrogen-bond donors (Lipinski definition) is 0. The van der Waals surface area contributed by atoms with Crippen molar-refractivity contribution in [2.45, 2.75) is 37.0 Å². The molecule has 0 unspecified atom stereocenters. The Kier molecular flexibility index (Phi) is 5.58. The molecule has 1 saturated heterocycles. The summed E-state index contributed by atoms with van der Waals surface area (Å²) in [6.07, 6.45) is 5.75. The Bertz CT molecular complexity index is 839. The van der Waals surface area contributed by atoms with Gasteiger partial charge in [0.2, 0.25) is 15.9 Å². The molecule has 1 aromatic rings. The van der Waals surface area contributed by atoms with Gasteiger partial charge >= 0.3 is 0 Å². The fraction of sp³-hybridized carbons (Fsp3) is 0.632. The Balaban J connectivity index is 1.36. The van der Waals surface area contributed by atoms with Crippen LogP contribution in [-0.4, -0.2) is 49.7 Å². The Morgan fingerprint density at radius 2 is 1.89 bits per heavy atom. The molecular weight excluding hydrogens is 452 g/mol. The maximum Gasteiger partial charge on any atom is 0.244 e. The fourth-order valence-electron chi connectivity index (χ4n) is 4.98. The van der Waals surface area contributed by atoms with Crippen molar-refractivity contribution in [3.63, 3.8) is 0 Å². The minimum atomic E-state index is -3.65. The largest absolute Gasteiger partial charge is 0.340 e. The molecule has 1 aliphatic heterocycles. The molecule has 1 amide bonds. The molecule has 1 aromatic carbocycles. The minimum absolute atomic E-state index is 0.120. The highest BCUT2D eigenvalue weighted by Gasteiger charge is 2.41. The summed E-state index contributed by atoms with van der Waals surface area (Å²) in [6.45, 7) is 1.54. The summed E-state index contributed by atoms with van der Waals surface area (Å²) in [5.74, 6) is 2.30. The molecule has 148 valence electrons. The molecule has 0 aromatic heterocycles. The van der Waals surface area contributed by atoms with Crippen molar-refractivity contribution in [2.24, 2.45) is 17.8 Å². The highest BCUT2D eigenvalue weighted by molar-refractivity contribution is 9.10. The van der Waals surface area contributed by atoms with E-state index in [1.807, 2.05) is 4.90 Å². The SMILES string of the molecule is O=C(C[C@H]1C[C@@H]2CC[C@H]1C2)N1CCN(S(=O)(=O)c2ccc(Br)cc2Cl)CC1. The van der Waals surface area contributed by atoms with Crippen LogP contribution in [0.15, 0.2) is 27.6 Å². The molecule has 3 atom stereocenters. The normalized spacial score (nSPS) is 28.7. The van der Waals surface area contributed by atoms with Gasteiger partial charge in [0, 0.05) is 37.1 Å². The summed E-state index contributed by atoms with van der Waals surface area (Å²) < 4.78 is 27.9. The first kappa shape index (κ1) is 19.7. The van der Waals surface area contributed by atoms with Gasteiger partial charge in [0.05, 0.1) is 5.02 Å². The molecule has 0 radical (unpaired) electrons. The Hall–Kier alpha value is -0.630. The summed E-state index contributed by atoms with van der Waals surface area (Å²) in [5.41, 5.74) is 0. The summed E-state index contributed by atoms with van der Waals surface area (Å²) in [6, 6.07) is 4.78. The number of fused-ring (bicyclic) bond motifs is 2. The summed E-state index contributed by atoms with van der Waals surface area (Å²) in [4.78, 5) is 14.6. The number of hydrogen-bond acceptors (Lipinski definition) is 3. The van der Waals surface area contributed by atoms with Gasteiger partial charge in [0.15, 0.2) is 0 Å².